The Labute approximate surface area is 158 Å². The number of rotatable bonds is 7. The summed E-state index contributed by atoms with van der Waals surface area (Å²) in [4.78, 5) is 16.5. The van der Waals surface area contributed by atoms with Crippen LogP contribution in [-0.2, 0) is 6.42 Å². The van der Waals surface area contributed by atoms with Crippen molar-refractivity contribution in [3.8, 4) is 0 Å². The first kappa shape index (κ1) is 18.0. The maximum atomic E-state index is 12.3. The van der Waals surface area contributed by atoms with Crippen molar-refractivity contribution in [2.24, 2.45) is 0 Å². The number of nitrogens with one attached hydrogen (secondary N) is 2. The number of nitrogens with zero attached hydrogens (tertiary/aromatic N) is 1. The van der Waals surface area contributed by atoms with E-state index in [9.17, 15) is 4.79 Å². The molecule has 0 spiro atoms. The van der Waals surface area contributed by atoms with Crippen molar-refractivity contribution < 1.29 is 4.79 Å². The maximum absolute atomic E-state index is 12.3. The Morgan fingerprint density at radius 1 is 0.962 bits per heavy atom. The lowest BCUT2D eigenvalue weighted by atomic mass is 10.1. The van der Waals surface area contributed by atoms with Crippen molar-refractivity contribution in [2.45, 2.75) is 12.8 Å². The fourth-order valence-corrected chi connectivity index (χ4v) is 2.70. The monoisotopic (exact) mass is 365 g/mol. The number of carbonyl (C=O) groups excluding carboxylic acids is 1. The minimum atomic E-state index is -0.120. The molecule has 0 fully saturated rings. The van der Waals surface area contributed by atoms with Gasteiger partial charge >= 0.3 is 0 Å². The van der Waals surface area contributed by atoms with Crippen molar-refractivity contribution in [3.63, 3.8) is 0 Å². The highest BCUT2D eigenvalue weighted by molar-refractivity contribution is 6.30. The number of pyridine rings is 1. The molecule has 1 aromatic heterocycles. The fraction of sp³-hybridized carbons (Fsp3) is 0.143. The van der Waals surface area contributed by atoms with Gasteiger partial charge in [-0.25, -0.2) is 0 Å². The average Bonchev–Trinajstić information content (AvgIpc) is 2.68. The van der Waals surface area contributed by atoms with Gasteiger partial charge in [0, 0.05) is 23.5 Å². The van der Waals surface area contributed by atoms with Crippen LogP contribution in [-0.4, -0.2) is 17.4 Å². The van der Waals surface area contributed by atoms with Gasteiger partial charge in [0.15, 0.2) is 0 Å². The van der Waals surface area contributed by atoms with E-state index >= 15 is 0 Å². The molecule has 1 amide bonds. The number of aryl methyl sites for hydroxylation is 1. The number of aromatic nitrogens is 1. The third-order valence-electron chi connectivity index (χ3n) is 3.90. The molecule has 0 saturated carbocycles. The van der Waals surface area contributed by atoms with E-state index in [1.165, 1.54) is 5.56 Å². The van der Waals surface area contributed by atoms with E-state index in [1.54, 1.807) is 30.6 Å². The molecule has 0 unspecified atom stereocenters. The Hall–Kier alpha value is -2.85. The van der Waals surface area contributed by atoms with Crippen LogP contribution in [0, 0.1) is 0 Å². The normalized spacial score (nSPS) is 10.3. The minimum absolute atomic E-state index is 0.120. The number of anilines is 2. The zero-order valence-electron chi connectivity index (χ0n) is 14.3. The molecular weight excluding hydrogens is 346 g/mol. The Kier molecular flexibility index (Phi) is 6.23. The van der Waals surface area contributed by atoms with Crippen molar-refractivity contribution >= 4 is 28.9 Å². The number of hydrogen-bond acceptors (Lipinski definition) is 3. The molecular formula is C21H20ClN3O. The third-order valence-corrected chi connectivity index (χ3v) is 4.16. The SMILES string of the molecule is O=C(NCCCc1ccccc1)c1cncc(Nc2ccc(Cl)cc2)c1. The van der Waals surface area contributed by atoms with Gasteiger partial charge in [-0.1, -0.05) is 41.9 Å². The molecule has 2 aromatic carbocycles. The van der Waals surface area contributed by atoms with E-state index in [0.717, 1.165) is 24.2 Å². The van der Waals surface area contributed by atoms with Crippen molar-refractivity contribution in [1.29, 1.82) is 0 Å². The predicted octanol–water partition coefficient (Wildman–Crippen LogP) is 4.84. The molecule has 26 heavy (non-hydrogen) atoms. The number of halogens is 1. The Morgan fingerprint density at radius 2 is 1.73 bits per heavy atom. The van der Waals surface area contributed by atoms with Crippen LogP contribution in [0.2, 0.25) is 5.02 Å². The lowest BCUT2D eigenvalue weighted by molar-refractivity contribution is 0.0953. The molecule has 3 rings (SSSR count). The molecule has 4 nitrogen and oxygen atoms in total. The summed E-state index contributed by atoms with van der Waals surface area (Å²) in [6, 6.07) is 19.4. The Bertz CT molecular complexity index is 851. The van der Waals surface area contributed by atoms with E-state index < -0.39 is 0 Å². The molecule has 0 atom stereocenters. The number of carbonyl (C=O) groups is 1. The van der Waals surface area contributed by atoms with Gasteiger partial charge in [-0.3, -0.25) is 9.78 Å². The molecule has 1 heterocycles. The lowest BCUT2D eigenvalue weighted by Crippen LogP contribution is -2.25. The molecule has 0 bridgehead atoms. The van der Waals surface area contributed by atoms with Crippen molar-refractivity contribution in [3.05, 3.63) is 89.2 Å². The maximum Gasteiger partial charge on any atom is 0.252 e. The van der Waals surface area contributed by atoms with Gasteiger partial charge in [0.25, 0.3) is 5.91 Å². The van der Waals surface area contributed by atoms with Crippen LogP contribution in [0.5, 0.6) is 0 Å². The fourth-order valence-electron chi connectivity index (χ4n) is 2.57. The van der Waals surface area contributed by atoms with E-state index in [-0.39, 0.29) is 5.91 Å². The average molecular weight is 366 g/mol. The van der Waals surface area contributed by atoms with E-state index in [0.29, 0.717) is 17.1 Å². The van der Waals surface area contributed by atoms with Gasteiger partial charge in [0.2, 0.25) is 0 Å². The lowest BCUT2D eigenvalue weighted by Gasteiger charge is -2.09. The summed E-state index contributed by atoms with van der Waals surface area (Å²) >= 11 is 5.89. The second-order valence-corrected chi connectivity index (χ2v) is 6.38. The molecule has 132 valence electrons. The van der Waals surface area contributed by atoms with Crippen LogP contribution in [0.3, 0.4) is 0 Å². The summed E-state index contributed by atoms with van der Waals surface area (Å²) in [5.74, 6) is -0.120. The summed E-state index contributed by atoms with van der Waals surface area (Å²) in [6.45, 7) is 0.628. The van der Waals surface area contributed by atoms with E-state index in [1.807, 2.05) is 30.3 Å². The van der Waals surface area contributed by atoms with Gasteiger partial charge in [-0.2, -0.15) is 0 Å². The van der Waals surface area contributed by atoms with Crippen molar-refractivity contribution in [1.82, 2.24) is 10.3 Å². The third kappa shape index (κ3) is 5.33. The van der Waals surface area contributed by atoms with Gasteiger partial charge in [0.1, 0.15) is 0 Å². The van der Waals surface area contributed by atoms with Crippen LogP contribution in [0.15, 0.2) is 73.1 Å². The Morgan fingerprint density at radius 3 is 2.50 bits per heavy atom. The highest BCUT2D eigenvalue weighted by Gasteiger charge is 2.07. The number of hydrogen-bond donors (Lipinski definition) is 2. The number of amides is 1. The molecule has 0 aliphatic rings. The standard InChI is InChI=1S/C21H20ClN3O/c22-18-8-10-19(11-9-18)25-20-13-17(14-23-15-20)21(26)24-12-4-7-16-5-2-1-3-6-16/h1-3,5-6,8-11,13-15,25H,4,7,12H2,(H,24,26). The van der Waals surface area contributed by atoms with Crippen LogP contribution in [0.1, 0.15) is 22.3 Å². The first-order valence-electron chi connectivity index (χ1n) is 8.50. The van der Waals surface area contributed by atoms with Crippen LogP contribution < -0.4 is 10.6 Å². The number of benzene rings is 2. The molecule has 0 radical (unpaired) electrons. The summed E-state index contributed by atoms with van der Waals surface area (Å²) in [7, 11) is 0. The second-order valence-electron chi connectivity index (χ2n) is 5.94. The summed E-state index contributed by atoms with van der Waals surface area (Å²) in [5, 5.41) is 6.84. The smallest absolute Gasteiger partial charge is 0.252 e. The van der Waals surface area contributed by atoms with E-state index in [4.69, 9.17) is 11.6 Å². The predicted molar refractivity (Wildman–Crippen MR) is 106 cm³/mol. The van der Waals surface area contributed by atoms with Crippen LogP contribution in [0.4, 0.5) is 11.4 Å². The first-order chi connectivity index (χ1) is 12.7. The van der Waals surface area contributed by atoms with Crippen molar-refractivity contribution in [2.75, 3.05) is 11.9 Å². The Balaban J connectivity index is 1.52. The molecule has 5 heteroatoms. The first-order valence-corrected chi connectivity index (χ1v) is 8.88. The molecule has 0 aliphatic heterocycles. The highest BCUT2D eigenvalue weighted by atomic mass is 35.5. The van der Waals surface area contributed by atoms with Gasteiger partial charge in [0.05, 0.1) is 17.4 Å². The topological polar surface area (TPSA) is 54.0 Å². The largest absolute Gasteiger partial charge is 0.354 e. The van der Waals surface area contributed by atoms with E-state index in [2.05, 4.69) is 27.8 Å². The molecule has 0 saturated heterocycles. The van der Waals surface area contributed by atoms with Gasteiger partial charge < -0.3 is 10.6 Å². The minimum Gasteiger partial charge on any atom is -0.354 e. The zero-order valence-corrected chi connectivity index (χ0v) is 15.0. The molecule has 0 aliphatic carbocycles. The summed E-state index contributed by atoms with van der Waals surface area (Å²) in [6.07, 6.45) is 5.09. The van der Waals surface area contributed by atoms with Gasteiger partial charge in [-0.05, 0) is 48.7 Å². The highest BCUT2D eigenvalue weighted by Crippen LogP contribution is 2.19. The molecule has 2 N–H and O–H groups in total. The summed E-state index contributed by atoms with van der Waals surface area (Å²) < 4.78 is 0. The van der Waals surface area contributed by atoms with Gasteiger partial charge in [-0.15, -0.1) is 0 Å². The quantitative estimate of drug-likeness (QED) is 0.589. The second kappa shape index (κ2) is 9.02. The summed E-state index contributed by atoms with van der Waals surface area (Å²) in [5.41, 5.74) is 3.45. The molecule has 3 aromatic rings. The van der Waals surface area contributed by atoms with Crippen LogP contribution >= 0.6 is 11.6 Å². The zero-order chi connectivity index (χ0) is 18.2. The van der Waals surface area contributed by atoms with Crippen LogP contribution in [0.25, 0.3) is 0 Å².